The van der Waals surface area contributed by atoms with Crippen molar-refractivity contribution >= 4 is 29.9 Å². The van der Waals surface area contributed by atoms with Crippen LogP contribution in [-0.4, -0.2) is 32.9 Å². The van der Waals surface area contributed by atoms with Crippen molar-refractivity contribution in [2.24, 2.45) is 4.99 Å². The first-order valence-corrected chi connectivity index (χ1v) is 8.36. The fourth-order valence-electron chi connectivity index (χ4n) is 2.30. The lowest BCUT2D eigenvalue weighted by Gasteiger charge is -2.15. The molecule has 0 saturated carbocycles. The molecule has 0 fully saturated rings. The van der Waals surface area contributed by atoms with Gasteiger partial charge in [-0.15, -0.1) is 24.0 Å². The molecule has 0 saturated heterocycles. The Labute approximate surface area is 183 Å². The number of nitrogens with zero attached hydrogens (tertiary/aromatic N) is 1. The van der Waals surface area contributed by atoms with E-state index < -0.39 is 12.8 Å². The van der Waals surface area contributed by atoms with Gasteiger partial charge < -0.3 is 20.1 Å². The van der Waals surface area contributed by atoms with Crippen molar-refractivity contribution in [3.63, 3.8) is 0 Å². The number of aliphatic imine (C=N–C) groups is 1. The minimum Gasteiger partial charge on any atom is -0.493 e. The van der Waals surface area contributed by atoms with Crippen molar-refractivity contribution in [1.29, 1.82) is 0 Å². The molecule has 0 bridgehead atoms. The summed E-state index contributed by atoms with van der Waals surface area (Å²) in [6, 6.07) is 10.7. The predicted octanol–water partition coefficient (Wildman–Crippen LogP) is 4.26. The summed E-state index contributed by atoms with van der Waals surface area (Å²) in [5, 5.41) is 6.17. The Bertz CT molecular complexity index is 799. The van der Waals surface area contributed by atoms with Crippen LogP contribution in [0.4, 0.5) is 17.6 Å². The molecule has 2 rings (SSSR count). The lowest BCUT2D eigenvalue weighted by Crippen LogP contribution is -2.36. The van der Waals surface area contributed by atoms with Gasteiger partial charge in [-0.2, -0.15) is 13.2 Å². The molecule has 0 radical (unpaired) electrons. The third kappa shape index (κ3) is 8.75. The van der Waals surface area contributed by atoms with Gasteiger partial charge in [0, 0.05) is 20.1 Å². The minimum atomic E-state index is -4.42. The summed E-state index contributed by atoms with van der Waals surface area (Å²) in [6.07, 6.45) is -4.42. The van der Waals surface area contributed by atoms with Gasteiger partial charge in [0.15, 0.2) is 24.1 Å². The van der Waals surface area contributed by atoms with Gasteiger partial charge in [0.2, 0.25) is 0 Å². The second-order valence-corrected chi connectivity index (χ2v) is 5.79. The molecule has 0 aliphatic heterocycles. The van der Waals surface area contributed by atoms with E-state index in [9.17, 15) is 17.6 Å². The first-order valence-electron chi connectivity index (χ1n) is 8.36. The maximum absolute atomic E-state index is 12.9. The van der Waals surface area contributed by atoms with Crippen molar-refractivity contribution in [2.45, 2.75) is 19.3 Å². The molecule has 2 aromatic rings. The highest BCUT2D eigenvalue weighted by Crippen LogP contribution is 2.29. The summed E-state index contributed by atoms with van der Waals surface area (Å²) in [6.45, 7) is -0.576. The Balaban J connectivity index is 0.00000420. The van der Waals surface area contributed by atoms with E-state index in [2.05, 4.69) is 15.6 Å². The molecule has 0 spiro atoms. The average Bonchev–Trinajstić information content (AvgIpc) is 2.67. The Hall–Kier alpha value is -2.24. The van der Waals surface area contributed by atoms with Crippen LogP contribution >= 0.6 is 24.0 Å². The van der Waals surface area contributed by atoms with Gasteiger partial charge in [0.05, 0.1) is 7.11 Å². The highest BCUT2D eigenvalue weighted by Gasteiger charge is 2.29. The number of alkyl halides is 3. The maximum atomic E-state index is 12.9. The van der Waals surface area contributed by atoms with Crippen molar-refractivity contribution < 1.29 is 27.0 Å². The molecule has 2 N–H and O–H groups in total. The van der Waals surface area contributed by atoms with Crippen molar-refractivity contribution in [2.75, 3.05) is 20.8 Å². The minimum absolute atomic E-state index is 0. The van der Waals surface area contributed by atoms with E-state index in [4.69, 9.17) is 9.47 Å². The summed E-state index contributed by atoms with van der Waals surface area (Å²) in [5.74, 6) is 0.434. The van der Waals surface area contributed by atoms with E-state index in [1.807, 2.05) is 0 Å². The van der Waals surface area contributed by atoms with E-state index in [-0.39, 0.29) is 41.3 Å². The molecule has 0 aromatic heterocycles. The molecular weight excluding hydrogens is 505 g/mol. The fraction of sp³-hybridized carbons (Fsp3) is 0.316. The summed E-state index contributed by atoms with van der Waals surface area (Å²) in [4.78, 5) is 4.09. The zero-order valence-corrected chi connectivity index (χ0v) is 18.2. The molecule has 160 valence electrons. The van der Waals surface area contributed by atoms with E-state index in [1.54, 1.807) is 31.3 Å². The number of hydrogen-bond donors (Lipinski definition) is 2. The Morgan fingerprint density at radius 1 is 0.966 bits per heavy atom. The molecule has 29 heavy (non-hydrogen) atoms. The first-order chi connectivity index (χ1) is 13.3. The molecular formula is C19H22F4IN3O2. The third-order valence-electron chi connectivity index (χ3n) is 3.68. The molecule has 0 heterocycles. The van der Waals surface area contributed by atoms with E-state index in [1.165, 1.54) is 25.3 Å². The number of ether oxygens (including phenoxy) is 2. The highest BCUT2D eigenvalue weighted by atomic mass is 127. The number of rotatable bonds is 7. The maximum Gasteiger partial charge on any atom is 0.422 e. The topological polar surface area (TPSA) is 54.9 Å². The van der Waals surface area contributed by atoms with Crippen LogP contribution in [0.2, 0.25) is 0 Å². The molecule has 0 aliphatic rings. The smallest absolute Gasteiger partial charge is 0.422 e. The largest absolute Gasteiger partial charge is 0.493 e. The van der Waals surface area contributed by atoms with E-state index >= 15 is 0 Å². The molecule has 5 nitrogen and oxygen atoms in total. The van der Waals surface area contributed by atoms with Crippen LogP contribution in [-0.2, 0) is 13.1 Å². The second kappa shape index (κ2) is 11.7. The molecule has 2 aromatic carbocycles. The van der Waals surface area contributed by atoms with Crippen LogP contribution in [0.3, 0.4) is 0 Å². The van der Waals surface area contributed by atoms with Gasteiger partial charge in [0.25, 0.3) is 0 Å². The van der Waals surface area contributed by atoms with Crippen LogP contribution in [0.15, 0.2) is 47.5 Å². The lowest BCUT2D eigenvalue weighted by molar-refractivity contribution is -0.153. The van der Waals surface area contributed by atoms with E-state index in [0.717, 1.165) is 11.1 Å². The average molecular weight is 527 g/mol. The van der Waals surface area contributed by atoms with Crippen molar-refractivity contribution in [3.05, 3.63) is 59.4 Å². The molecule has 0 unspecified atom stereocenters. The first kappa shape index (κ1) is 24.8. The van der Waals surface area contributed by atoms with Crippen molar-refractivity contribution in [1.82, 2.24) is 10.6 Å². The Kier molecular flexibility index (Phi) is 9.99. The van der Waals surface area contributed by atoms with Gasteiger partial charge >= 0.3 is 6.18 Å². The third-order valence-corrected chi connectivity index (χ3v) is 3.68. The van der Waals surface area contributed by atoms with Crippen LogP contribution in [0.25, 0.3) is 0 Å². The van der Waals surface area contributed by atoms with Crippen LogP contribution in [0.5, 0.6) is 11.5 Å². The normalized spacial score (nSPS) is 11.4. The fourth-order valence-corrected chi connectivity index (χ4v) is 2.30. The molecule has 0 aliphatic carbocycles. The summed E-state index contributed by atoms with van der Waals surface area (Å²) in [5.41, 5.74) is 1.65. The molecule has 0 atom stereocenters. The SMILES string of the molecule is CN=C(NCc1ccc(F)cc1)NCc1ccc(OCC(F)(F)F)c(OC)c1.I. The van der Waals surface area contributed by atoms with Gasteiger partial charge in [-0.1, -0.05) is 18.2 Å². The number of guanidine groups is 1. The van der Waals surface area contributed by atoms with Gasteiger partial charge in [-0.25, -0.2) is 4.39 Å². The molecule has 10 heteroatoms. The number of halogens is 5. The summed E-state index contributed by atoms with van der Waals surface area (Å²) >= 11 is 0. The second-order valence-electron chi connectivity index (χ2n) is 5.79. The Morgan fingerprint density at radius 3 is 2.10 bits per heavy atom. The number of methoxy groups -OCH3 is 1. The Morgan fingerprint density at radius 2 is 1.55 bits per heavy atom. The van der Waals surface area contributed by atoms with Crippen LogP contribution in [0, 0.1) is 5.82 Å². The standard InChI is InChI=1S/C19H21F4N3O2.HI/c1-24-18(25-10-13-3-6-15(20)7-4-13)26-11-14-5-8-16(17(9-14)27-2)28-12-19(21,22)23;/h3-9H,10-12H2,1-2H3,(H2,24,25,26);1H. The number of benzene rings is 2. The van der Waals surface area contributed by atoms with Crippen LogP contribution in [0.1, 0.15) is 11.1 Å². The highest BCUT2D eigenvalue weighted by molar-refractivity contribution is 14.0. The van der Waals surface area contributed by atoms with Gasteiger partial charge in [-0.3, -0.25) is 4.99 Å². The number of hydrogen-bond acceptors (Lipinski definition) is 3. The summed E-state index contributed by atoms with van der Waals surface area (Å²) in [7, 11) is 2.96. The monoisotopic (exact) mass is 527 g/mol. The molecule has 0 amide bonds. The predicted molar refractivity (Wildman–Crippen MR) is 113 cm³/mol. The zero-order valence-electron chi connectivity index (χ0n) is 15.8. The number of nitrogens with one attached hydrogen (secondary N) is 2. The lowest BCUT2D eigenvalue weighted by atomic mass is 10.2. The summed E-state index contributed by atoms with van der Waals surface area (Å²) < 4.78 is 59.7. The van der Waals surface area contributed by atoms with Crippen LogP contribution < -0.4 is 20.1 Å². The van der Waals surface area contributed by atoms with Gasteiger partial charge in [-0.05, 0) is 35.4 Å². The zero-order chi connectivity index (χ0) is 20.6. The van der Waals surface area contributed by atoms with Gasteiger partial charge in [0.1, 0.15) is 5.82 Å². The quantitative estimate of drug-likeness (QED) is 0.245. The van der Waals surface area contributed by atoms with E-state index in [0.29, 0.717) is 19.0 Å². The van der Waals surface area contributed by atoms with Crippen molar-refractivity contribution in [3.8, 4) is 11.5 Å².